The van der Waals surface area contributed by atoms with Crippen LogP contribution in [0.1, 0.15) is 12.5 Å². The number of nitrogens with zero attached hydrogens (tertiary/aromatic N) is 2. The maximum Gasteiger partial charge on any atom is 0.276 e. The molecule has 25 heavy (non-hydrogen) atoms. The molecule has 0 unspecified atom stereocenters. The van der Waals surface area contributed by atoms with Crippen LogP contribution >= 0.6 is 15.9 Å². The van der Waals surface area contributed by atoms with Crippen molar-refractivity contribution in [3.63, 3.8) is 0 Å². The molecule has 0 saturated heterocycles. The van der Waals surface area contributed by atoms with E-state index >= 15 is 0 Å². The predicted molar refractivity (Wildman–Crippen MR) is 102 cm³/mol. The van der Waals surface area contributed by atoms with E-state index in [1.54, 1.807) is 36.5 Å². The molecule has 5 nitrogen and oxygen atoms in total. The molecule has 0 amide bonds. The van der Waals surface area contributed by atoms with Gasteiger partial charge in [-0.3, -0.25) is 4.79 Å². The predicted octanol–water partition coefficient (Wildman–Crippen LogP) is 3.69. The van der Waals surface area contributed by atoms with Gasteiger partial charge in [-0.2, -0.15) is 0 Å². The Hall–Kier alpha value is -2.12. The van der Waals surface area contributed by atoms with Crippen LogP contribution in [-0.4, -0.2) is 17.0 Å². The van der Waals surface area contributed by atoms with Crippen molar-refractivity contribution in [2.75, 3.05) is 0 Å². The summed E-state index contributed by atoms with van der Waals surface area (Å²) >= 11 is 3.43. The Bertz CT molecular complexity index is 1120. The number of pyridine rings is 1. The second-order valence-electron chi connectivity index (χ2n) is 5.70. The van der Waals surface area contributed by atoms with Gasteiger partial charge in [0.05, 0.1) is 4.90 Å². The summed E-state index contributed by atoms with van der Waals surface area (Å²) in [4.78, 5) is 13.0. The number of hydrogen-bond acceptors (Lipinski definition) is 3. The van der Waals surface area contributed by atoms with E-state index in [4.69, 9.17) is 0 Å². The Kier molecular flexibility index (Phi) is 4.71. The van der Waals surface area contributed by atoms with Gasteiger partial charge in [0.25, 0.3) is 15.6 Å². The highest BCUT2D eigenvalue weighted by Crippen LogP contribution is 2.25. The van der Waals surface area contributed by atoms with E-state index < -0.39 is 10.0 Å². The minimum absolute atomic E-state index is 0.138. The molecule has 0 fully saturated rings. The molecule has 0 saturated carbocycles. The third-order valence-corrected chi connectivity index (χ3v) is 6.28. The maximum absolute atomic E-state index is 13.0. The molecule has 0 bridgehead atoms. The lowest BCUT2D eigenvalue weighted by Crippen LogP contribution is -2.23. The Morgan fingerprint density at radius 1 is 1.16 bits per heavy atom. The molecule has 1 aromatic carbocycles. The van der Waals surface area contributed by atoms with Gasteiger partial charge in [0.2, 0.25) is 0 Å². The number of hydrogen-bond donors (Lipinski definition) is 0. The molecule has 0 atom stereocenters. The summed E-state index contributed by atoms with van der Waals surface area (Å²) in [7, 11) is -3.85. The van der Waals surface area contributed by atoms with Crippen LogP contribution in [0.3, 0.4) is 0 Å². The van der Waals surface area contributed by atoms with Gasteiger partial charge in [-0.1, -0.05) is 29.8 Å². The summed E-state index contributed by atoms with van der Waals surface area (Å²) in [6, 6.07) is 8.20. The number of halogens is 1. The quantitative estimate of drug-likeness (QED) is 0.604. The lowest BCUT2D eigenvalue weighted by atomic mass is 10.2. The Labute approximate surface area is 154 Å². The van der Waals surface area contributed by atoms with Crippen LogP contribution in [0.5, 0.6) is 0 Å². The standard InChI is InChI=1S/C18H17BrN2O3S/c1-3-4-10-20-12-16(19)15-9-11-21(17(15)18(20)22)25(23,24)14-7-5-13(2)6-8-14/h3-9,11-12H,10H2,1-2H3/b4-3+. The lowest BCUT2D eigenvalue weighted by Gasteiger charge is -2.10. The molecule has 0 N–H and O–H groups in total. The highest BCUT2D eigenvalue weighted by atomic mass is 79.9. The molecule has 3 aromatic rings. The van der Waals surface area contributed by atoms with Crippen molar-refractivity contribution >= 4 is 36.9 Å². The van der Waals surface area contributed by atoms with Gasteiger partial charge in [0.15, 0.2) is 0 Å². The maximum atomic E-state index is 13.0. The summed E-state index contributed by atoms with van der Waals surface area (Å²) < 4.78 is 29.2. The second kappa shape index (κ2) is 6.65. The van der Waals surface area contributed by atoms with Gasteiger partial charge in [-0.25, -0.2) is 12.4 Å². The lowest BCUT2D eigenvalue weighted by molar-refractivity contribution is 0.588. The van der Waals surface area contributed by atoms with Crippen molar-refractivity contribution in [3.8, 4) is 0 Å². The van der Waals surface area contributed by atoms with Gasteiger partial charge in [-0.05, 0) is 48.0 Å². The number of aryl methyl sites for hydroxylation is 1. The largest absolute Gasteiger partial charge is 0.309 e. The summed E-state index contributed by atoms with van der Waals surface area (Å²) in [5.74, 6) is 0. The smallest absolute Gasteiger partial charge is 0.276 e. The van der Waals surface area contributed by atoms with Crippen molar-refractivity contribution < 1.29 is 8.42 Å². The topological polar surface area (TPSA) is 61.1 Å². The van der Waals surface area contributed by atoms with Gasteiger partial charge in [0, 0.05) is 28.8 Å². The molecular formula is C18H17BrN2O3S. The van der Waals surface area contributed by atoms with E-state index in [1.165, 1.54) is 10.8 Å². The van der Waals surface area contributed by atoms with E-state index in [0.29, 0.717) is 16.4 Å². The molecule has 0 spiro atoms. The molecular weight excluding hydrogens is 404 g/mol. The van der Waals surface area contributed by atoms with Crippen LogP contribution in [0, 0.1) is 6.92 Å². The highest BCUT2D eigenvalue weighted by Gasteiger charge is 2.22. The molecule has 2 aromatic heterocycles. The fourth-order valence-electron chi connectivity index (χ4n) is 2.60. The number of aromatic nitrogens is 2. The first-order valence-electron chi connectivity index (χ1n) is 7.69. The van der Waals surface area contributed by atoms with Crippen molar-refractivity contribution in [2.24, 2.45) is 0 Å². The van der Waals surface area contributed by atoms with Crippen LogP contribution in [0.25, 0.3) is 10.9 Å². The zero-order chi connectivity index (χ0) is 18.2. The average Bonchev–Trinajstić information content (AvgIpc) is 3.04. The third-order valence-electron chi connectivity index (χ3n) is 3.96. The van der Waals surface area contributed by atoms with E-state index in [9.17, 15) is 13.2 Å². The van der Waals surface area contributed by atoms with Crippen LogP contribution in [0.15, 0.2) is 69.0 Å². The molecule has 130 valence electrons. The average molecular weight is 421 g/mol. The van der Waals surface area contributed by atoms with E-state index in [2.05, 4.69) is 15.9 Å². The van der Waals surface area contributed by atoms with E-state index in [0.717, 1.165) is 9.54 Å². The van der Waals surface area contributed by atoms with Crippen molar-refractivity contribution in [2.45, 2.75) is 25.3 Å². The third kappa shape index (κ3) is 3.09. The summed E-state index contributed by atoms with van der Waals surface area (Å²) in [5, 5.41) is 0.567. The van der Waals surface area contributed by atoms with Crippen LogP contribution in [0.4, 0.5) is 0 Å². The van der Waals surface area contributed by atoms with Gasteiger partial charge >= 0.3 is 0 Å². The van der Waals surface area contributed by atoms with Crippen LogP contribution in [-0.2, 0) is 16.6 Å². The summed E-state index contributed by atoms with van der Waals surface area (Å²) in [5.41, 5.74) is 0.754. The van der Waals surface area contributed by atoms with Gasteiger partial charge < -0.3 is 4.57 Å². The fraction of sp³-hybridized carbons (Fsp3) is 0.167. The Morgan fingerprint density at radius 3 is 2.48 bits per heavy atom. The second-order valence-corrected chi connectivity index (χ2v) is 8.36. The molecule has 0 aliphatic heterocycles. The van der Waals surface area contributed by atoms with Crippen molar-refractivity contribution in [1.82, 2.24) is 8.54 Å². The zero-order valence-corrected chi connectivity index (χ0v) is 16.2. The summed E-state index contributed by atoms with van der Waals surface area (Å²) in [6.07, 6.45) is 6.77. The number of benzene rings is 1. The normalized spacial score (nSPS) is 12.3. The Morgan fingerprint density at radius 2 is 1.84 bits per heavy atom. The first kappa shape index (κ1) is 17.7. The van der Waals surface area contributed by atoms with Crippen LogP contribution < -0.4 is 5.56 Å². The monoisotopic (exact) mass is 420 g/mol. The van der Waals surface area contributed by atoms with Crippen molar-refractivity contribution in [3.05, 3.63) is 75.3 Å². The highest BCUT2D eigenvalue weighted by molar-refractivity contribution is 9.10. The van der Waals surface area contributed by atoms with Crippen LogP contribution in [0.2, 0.25) is 0 Å². The van der Waals surface area contributed by atoms with Crippen molar-refractivity contribution in [1.29, 1.82) is 0 Å². The molecule has 2 heterocycles. The molecule has 0 aliphatic carbocycles. The zero-order valence-electron chi connectivity index (χ0n) is 13.8. The van der Waals surface area contributed by atoms with E-state index in [-0.39, 0.29) is 16.0 Å². The van der Waals surface area contributed by atoms with Gasteiger partial charge in [-0.15, -0.1) is 0 Å². The minimum atomic E-state index is -3.85. The molecule has 7 heteroatoms. The number of fused-ring (bicyclic) bond motifs is 1. The fourth-order valence-corrected chi connectivity index (χ4v) is 4.51. The number of allylic oxidation sites excluding steroid dienone is 2. The molecule has 0 aliphatic rings. The molecule has 0 radical (unpaired) electrons. The first-order chi connectivity index (χ1) is 11.9. The summed E-state index contributed by atoms with van der Waals surface area (Å²) in [6.45, 7) is 4.13. The number of rotatable bonds is 4. The van der Waals surface area contributed by atoms with Gasteiger partial charge in [0.1, 0.15) is 5.52 Å². The van der Waals surface area contributed by atoms with E-state index in [1.807, 2.05) is 26.0 Å². The Balaban J connectivity index is 2.28. The first-order valence-corrected chi connectivity index (χ1v) is 9.93. The minimum Gasteiger partial charge on any atom is -0.309 e. The SMILES string of the molecule is C/C=C/Cn1cc(Br)c2ccn(S(=O)(=O)c3ccc(C)cc3)c2c1=O. The molecule has 3 rings (SSSR count).